The van der Waals surface area contributed by atoms with Crippen LogP contribution >= 0.6 is 0 Å². The highest BCUT2D eigenvalue weighted by molar-refractivity contribution is 5.48. The molecule has 2 aliphatic rings. The van der Waals surface area contributed by atoms with Gasteiger partial charge in [-0.25, -0.2) is 0 Å². The van der Waals surface area contributed by atoms with Crippen molar-refractivity contribution in [2.45, 2.75) is 38.1 Å². The van der Waals surface area contributed by atoms with E-state index in [-0.39, 0.29) is 0 Å². The third-order valence-corrected chi connectivity index (χ3v) is 4.34. The van der Waals surface area contributed by atoms with Gasteiger partial charge < -0.3 is 10.2 Å². The van der Waals surface area contributed by atoms with Crippen molar-refractivity contribution in [3.63, 3.8) is 0 Å². The van der Waals surface area contributed by atoms with Crippen molar-refractivity contribution in [3.8, 4) is 0 Å². The Balaban J connectivity index is 1.77. The average molecular weight is 230 g/mol. The van der Waals surface area contributed by atoms with Crippen LogP contribution in [0.2, 0.25) is 0 Å². The van der Waals surface area contributed by atoms with Crippen LogP contribution in [0.15, 0.2) is 24.3 Å². The average Bonchev–Trinajstić information content (AvgIpc) is 2.78. The summed E-state index contributed by atoms with van der Waals surface area (Å²) in [5.74, 6) is 0. The molecule has 0 atom stereocenters. The fraction of sp³-hybridized carbons (Fsp3) is 0.600. The summed E-state index contributed by atoms with van der Waals surface area (Å²) in [6.45, 7) is 5.62. The van der Waals surface area contributed by atoms with Crippen LogP contribution < -0.4 is 10.2 Å². The molecule has 17 heavy (non-hydrogen) atoms. The molecule has 2 heteroatoms. The van der Waals surface area contributed by atoms with Gasteiger partial charge in [0.25, 0.3) is 0 Å². The SMILES string of the molecule is Cc1ccc(N2CCNC3(CCCC3)C2)cc1. The standard InChI is InChI=1S/C15H22N2/c1-13-4-6-14(7-5-13)17-11-10-16-15(12-17)8-2-3-9-15/h4-7,16H,2-3,8-12H2,1H3. The van der Waals surface area contributed by atoms with Gasteiger partial charge in [-0.1, -0.05) is 30.5 Å². The molecule has 1 saturated heterocycles. The quantitative estimate of drug-likeness (QED) is 0.798. The molecule has 1 N–H and O–H groups in total. The van der Waals surface area contributed by atoms with Crippen LogP contribution in [0.3, 0.4) is 0 Å². The van der Waals surface area contributed by atoms with Gasteiger partial charge in [-0.3, -0.25) is 0 Å². The van der Waals surface area contributed by atoms with E-state index in [0.717, 1.165) is 13.1 Å². The first-order valence-electron chi connectivity index (χ1n) is 6.84. The van der Waals surface area contributed by atoms with Gasteiger partial charge in [0.15, 0.2) is 0 Å². The molecule has 1 spiro atoms. The molecule has 3 rings (SSSR count). The Labute approximate surface area is 104 Å². The van der Waals surface area contributed by atoms with Gasteiger partial charge in [0, 0.05) is 30.9 Å². The molecule has 0 radical (unpaired) electrons. The molecular formula is C15H22N2. The Kier molecular flexibility index (Phi) is 2.83. The maximum atomic E-state index is 3.76. The molecule has 1 aromatic rings. The summed E-state index contributed by atoms with van der Waals surface area (Å²) in [6, 6.07) is 8.98. The Morgan fingerprint density at radius 3 is 2.53 bits per heavy atom. The summed E-state index contributed by atoms with van der Waals surface area (Å²) in [6.07, 6.45) is 5.51. The Morgan fingerprint density at radius 1 is 1.12 bits per heavy atom. The van der Waals surface area contributed by atoms with Crippen molar-refractivity contribution in [2.75, 3.05) is 24.5 Å². The molecule has 1 saturated carbocycles. The summed E-state index contributed by atoms with van der Waals surface area (Å²) < 4.78 is 0. The first-order valence-corrected chi connectivity index (χ1v) is 6.84. The van der Waals surface area contributed by atoms with Crippen LogP contribution in [0.4, 0.5) is 5.69 Å². The first-order chi connectivity index (χ1) is 8.27. The number of hydrogen-bond acceptors (Lipinski definition) is 2. The second-order valence-corrected chi connectivity index (χ2v) is 5.67. The van der Waals surface area contributed by atoms with Gasteiger partial charge in [-0.05, 0) is 31.9 Å². The minimum Gasteiger partial charge on any atom is -0.368 e. The van der Waals surface area contributed by atoms with Gasteiger partial charge in [-0.2, -0.15) is 0 Å². The zero-order valence-corrected chi connectivity index (χ0v) is 10.7. The molecule has 0 aromatic heterocycles. The van der Waals surface area contributed by atoms with Gasteiger partial charge in [0.2, 0.25) is 0 Å². The second-order valence-electron chi connectivity index (χ2n) is 5.67. The van der Waals surface area contributed by atoms with E-state index in [2.05, 4.69) is 41.4 Å². The lowest BCUT2D eigenvalue weighted by Crippen LogP contribution is -2.59. The van der Waals surface area contributed by atoms with Crippen LogP contribution in [0.5, 0.6) is 0 Å². The summed E-state index contributed by atoms with van der Waals surface area (Å²) in [5, 5.41) is 3.76. The molecule has 92 valence electrons. The lowest BCUT2D eigenvalue weighted by molar-refractivity contribution is 0.304. The lowest BCUT2D eigenvalue weighted by Gasteiger charge is -2.42. The molecule has 0 unspecified atom stereocenters. The van der Waals surface area contributed by atoms with E-state index >= 15 is 0 Å². The highest BCUT2D eigenvalue weighted by Crippen LogP contribution is 2.33. The molecule has 1 aliphatic carbocycles. The number of nitrogens with zero attached hydrogens (tertiary/aromatic N) is 1. The van der Waals surface area contributed by atoms with Crippen molar-refractivity contribution in [3.05, 3.63) is 29.8 Å². The number of nitrogens with one attached hydrogen (secondary N) is 1. The molecule has 2 nitrogen and oxygen atoms in total. The number of rotatable bonds is 1. The molecule has 0 bridgehead atoms. The molecule has 0 amide bonds. The van der Waals surface area contributed by atoms with Gasteiger partial charge in [0.05, 0.1) is 0 Å². The number of piperazine rings is 1. The van der Waals surface area contributed by atoms with Crippen LogP contribution in [-0.4, -0.2) is 25.2 Å². The van der Waals surface area contributed by atoms with Crippen LogP contribution in [0, 0.1) is 6.92 Å². The minimum atomic E-state index is 0.420. The topological polar surface area (TPSA) is 15.3 Å². The summed E-state index contributed by atoms with van der Waals surface area (Å²) in [4.78, 5) is 2.56. The van der Waals surface area contributed by atoms with Gasteiger partial charge >= 0.3 is 0 Å². The van der Waals surface area contributed by atoms with Crippen LogP contribution in [-0.2, 0) is 0 Å². The number of aryl methyl sites for hydroxylation is 1. The van der Waals surface area contributed by atoms with Crippen molar-refractivity contribution in [1.82, 2.24) is 5.32 Å². The summed E-state index contributed by atoms with van der Waals surface area (Å²) in [5.41, 5.74) is 3.16. The largest absolute Gasteiger partial charge is 0.368 e. The van der Waals surface area contributed by atoms with Crippen molar-refractivity contribution < 1.29 is 0 Å². The third-order valence-electron chi connectivity index (χ3n) is 4.34. The van der Waals surface area contributed by atoms with Crippen molar-refractivity contribution in [2.24, 2.45) is 0 Å². The predicted octanol–water partition coefficient (Wildman–Crippen LogP) is 2.72. The maximum Gasteiger partial charge on any atom is 0.0367 e. The molecule has 1 heterocycles. The molecule has 1 aromatic carbocycles. The van der Waals surface area contributed by atoms with E-state index in [1.807, 2.05) is 0 Å². The Morgan fingerprint density at radius 2 is 1.82 bits per heavy atom. The van der Waals surface area contributed by atoms with Crippen molar-refractivity contribution >= 4 is 5.69 Å². The minimum absolute atomic E-state index is 0.420. The van der Waals surface area contributed by atoms with E-state index in [9.17, 15) is 0 Å². The maximum absolute atomic E-state index is 3.76. The monoisotopic (exact) mass is 230 g/mol. The first kappa shape index (κ1) is 11.1. The predicted molar refractivity (Wildman–Crippen MR) is 72.6 cm³/mol. The smallest absolute Gasteiger partial charge is 0.0367 e. The van der Waals surface area contributed by atoms with Crippen LogP contribution in [0.1, 0.15) is 31.2 Å². The van der Waals surface area contributed by atoms with Crippen molar-refractivity contribution in [1.29, 1.82) is 0 Å². The van der Waals surface area contributed by atoms with E-state index in [1.54, 1.807) is 0 Å². The van der Waals surface area contributed by atoms with Gasteiger partial charge in [-0.15, -0.1) is 0 Å². The van der Waals surface area contributed by atoms with E-state index in [0.29, 0.717) is 5.54 Å². The highest BCUT2D eigenvalue weighted by Gasteiger charge is 2.37. The highest BCUT2D eigenvalue weighted by atomic mass is 15.2. The molecular weight excluding hydrogens is 208 g/mol. The number of hydrogen-bond donors (Lipinski definition) is 1. The van der Waals surface area contributed by atoms with Crippen LogP contribution in [0.25, 0.3) is 0 Å². The fourth-order valence-corrected chi connectivity index (χ4v) is 3.32. The number of benzene rings is 1. The lowest BCUT2D eigenvalue weighted by atomic mass is 9.94. The van der Waals surface area contributed by atoms with E-state index < -0.39 is 0 Å². The normalized spacial score (nSPS) is 23.2. The second kappa shape index (κ2) is 4.34. The zero-order valence-electron chi connectivity index (χ0n) is 10.7. The summed E-state index contributed by atoms with van der Waals surface area (Å²) in [7, 11) is 0. The fourth-order valence-electron chi connectivity index (χ4n) is 3.32. The third kappa shape index (κ3) is 2.19. The van der Waals surface area contributed by atoms with E-state index in [1.165, 1.54) is 43.5 Å². The van der Waals surface area contributed by atoms with E-state index in [4.69, 9.17) is 0 Å². The zero-order chi connectivity index (χ0) is 11.7. The number of anilines is 1. The molecule has 2 fully saturated rings. The molecule has 1 aliphatic heterocycles. The van der Waals surface area contributed by atoms with Gasteiger partial charge in [0.1, 0.15) is 0 Å². The Bertz CT molecular complexity index is 376. The summed E-state index contributed by atoms with van der Waals surface area (Å²) >= 11 is 0. The Hall–Kier alpha value is -1.02.